The molecule has 0 aliphatic heterocycles. The zero-order chi connectivity index (χ0) is 73.4. The molecule has 8 aromatic carbocycles. The van der Waals surface area contributed by atoms with Crippen molar-refractivity contribution in [1.82, 2.24) is 9.13 Å². The fourth-order valence-electron chi connectivity index (χ4n) is 15.6. The van der Waals surface area contributed by atoms with E-state index in [0.29, 0.717) is 11.4 Å². The number of aromatic nitrogens is 2. The van der Waals surface area contributed by atoms with Crippen molar-refractivity contribution >= 4 is 56.9 Å². The molecule has 0 saturated heterocycles. The first-order chi connectivity index (χ1) is 45.4. The molecule has 0 bridgehead atoms. The second kappa shape index (κ2) is 25.7. The topological polar surface area (TPSA) is 68.8 Å². The molecule has 10 aromatic rings. The van der Waals surface area contributed by atoms with E-state index in [2.05, 4.69) is 274 Å². The van der Waals surface area contributed by atoms with E-state index >= 15 is 17.6 Å². The third kappa shape index (κ3) is 14.7. The first kappa shape index (κ1) is 74.5. The Hall–Kier alpha value is -7.18. The van der Waals surface area contributed by atoms with Gasteiger partial charge in [0.15, 0.2) is 0 Å². The van der Waals surface area contributed by atoms with Crippen LogP contribution in [0.2, 0.25) is 9.50 Å². The van der Waals surface area contributed by atoms with Gasteiger partial charge in [0.25, 0.3) is 0 Å². The van der Waals surface area contributed by atoms with E-state index in [4.69, 9.17) is 9.47 Å². The summed E-state index contributed by atoms with van der Waals surface area (Å²) in [6.07, 6.45) is 1.50. The van der Waals surface area contributed by atoms with E-state index in [1.54, 1.807) is 0 Å². The third-order valence-electron chi connectivity index (χ3n) is 21.1. The van der Waals surface area contributed by atoms with E-state index in [1.807, 2.05) is 12.1 Å². The minimum absolute atomic E-state index is 0.0408. The molecule has 0 saturated carbocycles. The molecule has 2 N–H and O–H groups in total. The summed E-state index contributed by atoms with van der Waals surface area (Å²) in [7, 11) is 0. The average Bonchev–Trinajstić information content (AvgIpc) is 1.63. The fourth-order valence-corrected chi connectivity index (χ4v) is 23.1. The molecular weight excluding hydrogens is 1300 g/mol. The zero-order valence-corrected chi connectivity index (χ0v) is 66.2. The molecule has 0 fully saturated rings. The van der Waals surface area contributed by atoms with Gasteiger partial charge in [0.1, 0.15) is 0 Å². The number of hydrogen-bond donors (Lipinski definition) is 2. The van der Waals surface area contributed by atoms with Gasteiger partial charge >= 0.3 is 490 Å². The Morgan fingerprint density at radius 1 is 0.343 bits per heavy atom. The molecule has 10 rings (SSSR count). The summed E-state index contributed by atoms with van der Waals surface area (Å²) in [5.74, 6) is -4.61. The Morgan fingerprint density at radius 2 is 0.606 bits per heavy atom. The van der Waals surface area contributed by atoms with Gasteiger partial charge < -0.3 is 0 Å². The molecule has 99 heavy (non-hydrogen) atoms. The number of aromatic hydroxyl groups is 2. The standard InChI is InChI=1S/C88H110F4GeN2O4/c1-51(2)93(52(3)4,49-98-77-45-69(91)67(89)43-63(77)65-39-57(87(23,24)47-81(5,6)7)41-75(79(65)96)94-71-31-27-53(83(11,12)13)35-59(71)60-36-54(84(14,15)16)28-32-72(60)94)50-99-78-46-70(92)68(90)44-64(78)66-40-58(88(25,26)48-82(8,9)10)42-76(80(66)97)95-73-33-29-55(85(17,18)19)37-61(73)62-38-56(86(20,21)22)30-34-74(62)95/h27-46,51-52,96-97H,47-50H2,1-26H3. The van der Waals surface area contributed by atoms with Crippen LogP contribution in [0.4, 0.5) is 17.6 Å². The van der Waals surface area contributed by atoms with E-state index in [0.717, 1.165) is 114 Å². The van der Waals surface area contributed by atoms with Gasteiger partial charge in [-0.1, -0.05) is 83.1 Å². The Kier molecular flexibility index (Phi) is 19.4. The number of rotatable bonds is 16. The predicted molar refractivity (Wildman–Crippen MR) is 412 cm³/mol. The zero-order valence-electron chi connectivity index (χ0n) is 64.1. The number of fused-ring (bicyclic) bond motifs is 6. The van der Waals surface area contributed by atoms with E-state index < -0.39 is 47.4 Å². The van der Waals surface area contributed by atoms with Crippen LogP contribution < -0.4 is 9.47 Å². The summed E-state index contributed by atoms with van der Waals surface area (Å²) < 4.78 is 83.7. The van der Waals surface area contributed by atoms with Gasteiger partial charge in [-0.05, 0) is 21.7 Å². The normalized spacial score (nSPS) is 13.6. The minimum atomic E-state index is -3.85. The van der Waals surface area contributed by atoms with Crippen LogP contribution in [0.15, 0.2) is 121 Å². The second-order valence-electron chi connectivity index (χ2n) is 37.3. The van der Waals surface area contributed by atoms with Crippen molar-refractivity contribution in [2.24, 2.45) is 10.8 Å². The van der Waals surface area contributed by atoms with Crippen LogP contribution in [0.25, 0.3) is 77.2 Å². The summed E-state index contributed by atoms with van der Waals surface area (Å²) in [5.41, 5.74) is 10.1. The molecule has 6 nitrogen and oxygen atoms in total. The Morgan fingerprint density at radius 3 is 0.848 bits per heavy atom. The van der Waals surface area contributed by atoms with Crippen molar-refractivity contribution in [2.45, 2.75) is 235 Å². The van der Waals surface area contributed by atoms with Crippen LogP contribution in [-0.2, 0) is 32.5 Å². The molecule has 0 spiro atoms. The Bertz CT molecular complexity index is 4320. The molecule has 2 aromatic heterocycles. The quantitative estimate of drug-likeness (QED) is 0.0747. The van der Waals surface area contributed by atoms with Gasteiger partial charge in [0.05, 0.1) is 0 Å². The van der Waals surface area contributed by atoms with Crippen molar-refractivity contribution in [3.8, 4) is 56.6 Å². The second-order valence-corrected chi connectivity index (χ2v) is 48.5. The number of ether oxygens (including phenoxy) is 2. The average molecular weight is 1410 g/mol. The SMILES string of the molecule is C[CH](C)[Ge]([CH2]Oc1cc(F)c(F)cc1-c1cc(C(C)(C)CC(C)(C)C)cc(-n2c3ccc(C(C)(C)C)cc3c3cc(C(C)(C)C)ccc32)c1O)([CH2]Oc1cc(F)c(F)cc1-c1cc(C(C)(C)CC(C)(C)C)cc(-n2c3ccc(C(C)(C)C)cc3c3cc(C(C)(C)C)ccc32)c1O)[CH](C)C. The Labute approximate surface area is 590 Å². The predicted octanol–water partition coefficient (Wildman–Crippen LogP) is 25.6. The molecule has 0 unspecified atom stereocenters. The third-order valence-corrected chi connectivity index (χ3v) is 33.6. The van der Waals surface area contributed by atoms with Gasteiger partial charge in [-0.3, -0.25) is 0 Å². The number of halogens is 4. The summed E-state index contributed by atoms with van der Waals surface area (Å²) >= 11 is -3.85. The molecule has 2 heterocycles. The van der Waals surface area contributed by atoms with E-state index in [9.17, 15) is 10.2 Å². The molecule has 11 heteroatoms. The van der Waals surface area contributed by atoms with Crippen LogP contribution in [0.1, 0.15) is 226 Å². The molecule has 0 aliphatic carbocycles. The van der Waals surface area contributed by atoms with Gasteiger partial charge in [-0.2, -0.15) is 0 Å². The maximum atomic E-state index is 16.4. The van der Waals surface area contributed by atoms with Crippen LogP contribution in [0, 0.1) is 34.1 Å². The van der Waals surface area contributed by atoms with Gasteiger partial charge in [-0.15, -0.1) is 0 Å². The summed E-state index contributed by atoms with van der Waals surface area (Å²) in [6.45, 7) is 56.8. The number of benzene rings is 8. The van der Waals surface area contributed by atoms with Crippen molar-refractivity contribution in [1.29, 1.82) is 0 Å². The van der Waals surface area contributed by atoms with Crippen LogP contribution >= 0.6 is 0 Å². The first-order valence-corrected chi connectivity index (χ1v) is 41.0. The Balaban J connectivity index is 1.13. The number of nitrogens with zero attached hydrogens (tertiary/aromatic N) is 2. The van der Waals surface area contributed by atoms with E-state index in [-0.39, 0.29) is 98.1 Å². The molecule has 0 radical (unpaired) electrons. The molecule has 528 valence electrons. The number of hydrogen-bond acceptors (Lipinski definition) is 4. The van der Waals surface area contributed by atoms with Gasteiger partial charge in [0.2, 0.25) is 0 Å². The fraction of sp³-hybridized carbons (Fsp3) is 0.455. The van der Waals surface area contributed by atoms with Crippen molar-refractivity contribution in [2.75, 3.05) is 10.9 Å². The molecule has 0 aliphatic rings. The number of phenolic OH excluding ortho intramolecular Hbond substituents is 2. The van der Waals surface area contributed by atoms with Gasteiger partial charge in [0, 0.05) is 0 Å². The monoisotopic (exact) mass is 1410 g/mol. The van der Waals surface area contributed by atoms with Crippen LogP contribution in [-0.4, -0.2) is 43.5 Å². The van der Waals surface area contributed by atoms with E-state index in [1.165, 1.54) is 0 Å². The summed E-state index contributed by atoms with van der Waals surface area (Å²) in [4.78, 5) is 0. The van der Waals surface area contributed by atoms with Crippen molar-refractivity contribution < 1.29 is 37.2 Å². The molecule has 0 atom stereocenters. The summed E-state index contributed by atoms with van der Waals surface area (Å²) in [5, 5.41) is 30.7. The molecule has 0 amide bonds. The van der Waals surface area contributed by atoms with Crippen LogP contribution in [0.3, 0.4) is 0 Å². The maximum absolute atomic E-state index is 16.4. The first-order valence-electron chi connectivity index (χ1n) is 35.6. The van der Waals surface area contributed by atoms with Crippen molar-refractivity contribution in [3.63, 3.8) is 0 Å². The number of phenols is 2. The summed E-state index contributed by atoms with van der Waals surface area (Å²) in [6, 6.07) is 38.5. The van der Waals surface area contributed by atoms with Crippen molar-refractivity contribution in [3.05, 3.63) is 178 Å². The van der Waals surface area contributed by atoms with Crippen LogP contribution in [0.5, 0.6) is 23.0 Å². The molecular formula is C88H110F4GeN2O4. The van der Waals surface area contributed by atoms with Gasteiger partial charge in [-0.25, -0.2) is 0 Å².